The Balaban J connectivity index is 1.41. The number of piperazine rings is 1. The van der Waals surface area contributed by atoms with E-state index in [2.05, 4.69) is 5.32 Å². The van der Waals surface area contributed by atoms with Crippen LogP contribution in [0.25, 0.3) is 6.08 Å². The van der Waals surface area contributed by atoms with Crippen molar-refractivity contribution in [2.24, 2.45) is 0 Å². The lowest BCUT2D eigenvalue weighted by molar-refractivity contribution is -0.127. The van der Waals surface area contributed by atoms with E-state index in [0.29, 0.717) is 24.5 Å². The van der Waals surface area contributed by atoms with Crippen LogP contribution in [0.15, 0.2) is 59.5 Å². The zero-order valence-corrected chi connectivity index (χ0v) is 17.0. The predicted octanol–water partition coefficient (Wildman–Crippen LogP) is 1.56. The Bertz CT molecular complexity index is 1090. The molecule has 0 radical (unpaired) electrons. The number of carbonyl (C=O) groups is 2. The molecule has 30 heavy (non-hydrogen) atoms. The van der Waals surface area contributed by atoms with E-state index in [-0.39, 0.29) is 36.4 Å². The third kappa shape index (κ3) is 4.22. The highest BCUT2D eigenvalue weighted by molar-refractivity contribution is 7.89. The molecule has 2 heterocycles. The van der Waals surface area contributed by atoms with Crippen LogP contribution in [0.5, 0.6) is 5.75 Å². The molecule has 9 heteroatoms. The summed E-state index contributed by atoms with van der Waals surface area (Å²) >= 11 is 0. The molecule has 156 valence electrons. The summed E-state index contributed by atoms with van der Waals surface area (Å²) < 4.78 is 32.6. The first-order valence-electron chi connectivity index (χ1n) is 9.52. The highest BCUT2D eigenvalue weighted by atomic mass is 32.2. The first kappa shape index (κ1) is 20.1. The fraction of sp³-hybridized carbons (Fsp3) is 0.238. The molecule has 1 N–H and O–H groups in total. The molecule has 2 aliphatic rings. The number of fused-ring (bicyclic) bond motifs is 1. The Morgan fingerprint density at radius 3 is 2.50 bits per heavy atom. The third-order valence-electron chi connectivity index (χ3n) is 4.99. The van der Waals surface area contributed by atoms with Crippen LogP contribution in [0.1, 0.15) is 5.56 Å². The van der Waals surface area contributed by atoms with Gasteiger partial charge in [-0.15, -0.1) is 0 Å². The number of hydrogen-bond acceptors (Lipinski definition) is 5. The fourth-order valence-electron chi connectivity index (χ4n) is 3.36. The molecule has 0 bridgehead atoms. The molecule has 0 saturated carbocycles. The molecule has 2 aromatic carbocycles. The molecule has 0 atom stereocenters. The summed E-state index contributed by atoms with van der Waals surface area (Å²) in [7, 11) is -3.75. The molecule has 1 saturated heterocycles. The maximum atomic E-state index is 13.0. The second kappa shape index (κ2) is 8.29. The van der Waals surface area contributed by atoms with Gasteiger partial charge in [-0.1, -0.05) is 30.3 Å². The summed E-state index contributed by atoms with van der Waals surface area (Å²) in [5.41, 5.74) is 1.27. The van der Waals surface area contributed by atoms with Crippen LogP contribution in [0.4, 0.5) is 5.69 Å². The van der Waals surface area contributed by atoms with E-state index in [1.54, 1.807) is 11.0 Å². The first-order valence-corrected chi connectivity index (χ1v) is 11.0. The summed E-state index contributed by atoms with van der Waals surface area (Å²) in [4.78, 5) is 25.6. The minimum absolute atomic E-state index is 0.0794. The van der Waals surface area contributed by atoms with Crippen LogP contribution >= 0.6 is 0 Å². The smallest absolute Gasteiger partial charge is 0.262 e. The van der Waals surface area contributed by atoms with Crippen LogP contribution in [0.2, 0.25) is 0 Å². The zero-order valence-electron chi connectivity index (χ0n) is 16.2. The monoisotopic (exact) mass is 427 g/mol. The minimum Gasteiger partial charge on any atom is -0.482 e. The Hall–Kier alpha value is -3.17. The maximum Gasteiger partial charge on any atom is 0.262 e. The van der Waals surface area contributed by atoms with Crippen molar-refractivity contribution in [3.8, 4) is 5.75 Å². The zero-order chi connectivity index (χ0) is 21.1. The summed E-state index contributed by atoms with van der Waals surface area (Å²) in [6.45, 7) is 0.929. The van der Waals surface area contributed by atoms with E-state index in [0.717, 1.165) is 5.56 Å². The molecule has 2 aliphatic heterocycles. The third-order valence-corrected chi connectivity index (χ3v) is 6.88. The molecule has 0 unspecified atom stereocenters. The van der Waals surface area contributed by atoms with E-state index >= 15 is 0 Å². The van der Waals surface area contributed by atoms with Crippen LogP contribution in [-0.2, 0) is 19.6 Å². The van der Waals surface area contributed by atoms with E-state index in [9.17, 15) is 18.0 Å². The van der Waals surface area contributed by atoms with E-state index in [1.807, 2.05) is 30.3 Å². The SMILES string of the molecule is O=C1COc2ccc(S(=O)(=O)N3CCN(C(=O)/C=C/c4ccccc4)CC3)cc2N1. The van der Waals surface area contributed by atoms with E-state index in [1.165, 1.54) is 28.6 Å². The van der Waals surface area contributed by atoms with Gasteiger partial charge in [0.25, 0.3) is 5.91 Å². The lowest BCUT2D eigenvalue weighted by atomic mass is 10.2. The fourth-order valence-corrected chi connectivity index (χ4v) is 4.81. The van der Waals surface area contributed by atoms with E-state index in [4.69, 9.17) is 4.74 Å². The maximum absolute atomic E-state index is 13.0. The number of hydrogen-bond donors (Lipinski definition) is 1. The number of anilines is 1. The Morgan fingerprint density at radius 1 is 1.03 bits per heavy atom. The molecule has 4 rings (SSSR count). The highest BCUT2D eigenvalue weighted by Gasteiger charge is 2.30. The molecule has 2 aromatic rings. The molecule has 8 nitrogen and oxygen atoms in total. The largest absolute Gasteiger partial charge is 0.482 e. The van der Waals surface area contributed by atoms with Gasteiger partial charge in [0, 0.05) is 32.3 Å². The number of ether oxygens (including phenoxy) is 1. The van der Waals surface area contributed by atoms with Crippen molar-refractivity contribution in [1.82, 2.24) is 9.21 Å². The van der Waals surface area contributed by atoms with Crippen molar-refractivity contribution < 1.29 is 22.7 Å². The van der Waals surface area contributed by atoms with Crippen molar-refractivity contribution in [2.45, 2.75) is 4.90 Å². The number of nitrogens with zero attached hydrogens (tertiary/aromatic N) is 2. The predicted molar refractivity (Wildman–Crippen MR) is 111 cm³/mol. The summed E-state index contributed by atoms with van der Waals surface area (Å²) in [5.74, 6) is -0.0357. The van der Waals surface area contributed by atoms with Crippen LogP contribution in [0, 0.1) is 0 Å². The van der Waals surface area contributed by atoms with Gasteiger partial charge in [0.05, 0.1) is 10.6 Å². The Labute approximate surface area is 174 Å². The minimum atomic E-state index is -3.75. The summed E-state index contributed by atoms with van der Waals surface area (Å²) in [6, 6.07) is 13.9. The quantitative estimate of drug-likeness (QED) is 0.747. The summed E-state index contributed by atoms with van der Waals surface area (Å²) in [6.07, 6.45) is 3.25. The van der Waals surface area contributed by atoms with Gasteiger partial charge >= 0.3 is 0 Å². The van der Waals surface area contributed by atoms with Gasteiger partial charge in [-0.25, -0.2) is 8.42 Å². The molecule has 2 amide bonds. The van der Waals surface area contributed by atoms with Gasteiger partial charge in [-0.3, -0.25) is 9.59 Å². The number of rotatable bonds is 4. The lowest BCUT2D eigenvalue weighted by Crippen LogP contribution is -2.50. The van der Waals surface area contributed by atoms with Crippen molar-refractivity contribution in [3.05, 3.63) is 60.2 Å². The molecule has 0 aliphatic carbocycles. The van der Waals surface area contributed by atoms with E-state index < -0.39 is 10.0 Å². The van der Waals surface area contributed by atoms with Crippen LogP contribution in [-0.4, -0.2) is 62.2 Å². The number of carbonyl (C=O) groups excluding carboxylic acids is 2. The number of amides is 2. The average Bonchev–Trinajstić information content (AvgIpc) is 2.77. The average molecular weight is 427 g/mol. The molecular weight excluding hydrogens is 406 g/mol. The van der Waals surface area contributed by atoms with Crippen LogP contribution in [0.3, 0.4) is 0 Å². The number of nitrogens with one attached hydrogen (secondary N) is 1. The Morgan fingerprint density at radius 2 is 1.77 bits per heavy atom. The topological polar surface area (TPSA) is 96.0 Å². The normalized spacial score (nSPS) is 17.3. The number of sulfonamides is 1. The molecule has 0 aromatic heterocycles. The van der Waals surface area contributed by atoms with Crippen molar-refractivity contribution >= 4 is 33.6 Å². The first-order chi connectivity index (χ1) is 14.4. The Kier molecular flexibility index (Phi) is 5.56. The second-order valence-corrected chi connectivity index (χ2v) is 8.91. The highest BCUT2D eigenvalue weighted by Crippen LogP contribution is 2.31. The standard InChI is InChI=1S/C21H21N3O5S/c25-20-15-29-19-8-7-17(14-18(19)22-20)30(27,28)24-12-10-23(11-13-24)21(26)9-6-16-4-2-1-3-5-16/h1-9,14H,10-13,15H2,(H,22,25)/b9-6+. The van der Waals surface area contributed by atoms with Gasteiger partial charge in [0.15, 0.2) is 6.61 Å². The lowest BCUT2D eigenvalue weighted by Gasteiger charge is -2.33. The van der Waals surface area contributed by atoms with Gasteiger partial charge in [-0.05, 0) is 29.8 Å². The molecule has 1 fully saturated rings. The molecule has 0 spiro atoms. The van der Waals surface area contributed by atoms with Gasteiger partial charge in [-0.2, -0.15) is 4.31 Å². The van der Waals surface area contributed by atoms with Crippen LogP contribution < -0.4 is 10.1 Å². The number of benzene rings is 2. The molecular formula is C21H21N3O5S. The van der Waals surface area contributed by atoms with Gasteiger partial charge < -0.3 is 15.0 Å². The van der Waals surface area contributed by atoms with Crippen molar-refractivity contribution in [1.29, 1.82) is 0 Å². The second-order valence-electron chi connectivity index (χ2n) is 6.97. The van der Waals surface area contributed by atoms with Crippen molar-refractivity contribution in [2.75, 3.05) is 38.1 Å². The van der Waals surface area contributed by atoms with Gasteiger partial charge in [0.1, 0.15) is 5.75 Å². The van der Waals surface area contributed by atoms with Gasteiger partial charge in [0.2, 0.25) is 15.9 Å². The summed E-state index contributed by atoms with van der Waals surface area (Å²) in [5, 5.41) is 2.62. The van der Waals surface area contributed by atoms with Crippen molar-refractivity contribution in [3.63, 3.8) is 0 Å².